The van der Waals surface area contributed by atoms with E-state index in [0.717, 1.165) is 5.92 Å². The number of rotatable bonds is 4. The fourth-order valence-corrected chi connectivity index (χ4v) is 3.37. The van der Waals surface area contributed by atoms with E-state index in [1.807, 2.05) is 0 Å². The molecule has 2 aliphatic rings. The van der Waals surface area contributed by atoms with Crippen molar-refractivity contribution < 1.29 is 0 Å². The summed E-state index contributed by atoms with van der Waals surface area (Å²) in [7, 11) is 2.27. The minimum absolute atomic E-state index is 0.443. The summed E-state index contributed by atoms with van der Waals surface area (Å²) in [5.41, 5.74) is 6.12. The number of nitrogens with two attached hydrogens (primary N) is 1. The van der Waals surface area contributed by atoms with Crippen LogP contribution in [0.3, 0.4) is 0 Å². The molecule has 2 rings (SSSR count). The molecule has 2 saturated carbocycles. The van der Waals surface area contributed by atoms with Crippen LogP contribution in [-0.4, -0.2) is 30.6 Å². The van der Waals surface area contributed by atoms with E-state index in [4.69, 9.17) is 5.73 Å². The zero-order valence-corrected chi connectivity index (χ0v) is 10.1. The van der Waals surface area contributed by atoms with Crippen LogP contribution in [0.2, 0.25) is 0 Å². The van der Waals surface area contributed by atoms with E-state index >= 15 is 0 Å². The lowest BCUT2D eigenvalue weighted by molar-refractivity contribution is 0.213. The van der Waals surface area contributed by atoms with Crippen molar-refractivity contribution in [3.8, 4) is 0 Å². The fraction of sp³-hybridized carbons (Fsp3) is 1.00. The molecule has 2 heteroatoms. The Kier molecular flexibility index (Phi) is 4.04. The molecule has 2 fully saturated rings. The highest BCUT2D eigenvalue weighted by Crippen LogP contribution is 2.28. The molecule has 0 aromatic carbocycles. The first-order valence-electron chi connectivity index (χ1n) is 6.73. The minimum atomic E-state index is 0.443. The van der Waals surface area contributed by atoms with Crippen LogP contribution in [0.15, 0.2) is 0 Å². The van der Waals surface area contributed by atoms with Crippen molar-refractivity contribution in [2.24, 2.45) is 11.7 Å². The average molecular weight is 210 g/mol. The Balaban J connectivity index is 1.69. The Morgan fingerprint density at radius 2 is 1.80 bits per heavy atom. The lowest BCUT2D eigenvalue weighted by Crippen LogP contribution is -2.42. The minimum Gasteiger partial charge on any atom is -0.326 e. The predicted octanol–water partition coefficient (Wildman–Crippen LogP) is 2.38. The van der Waals surface area contributed by atoms with Crippen molar-refractivity contribution in [2.75, 3.05) is 13.6 Å². The Bertz CT molecular complexity index is 187. The van der Waals surface area contributed by atoms with Gasteiger partial charge in [-0.3, -0.25) is 0 Å². The van der Waals surface area contributed by atoms with Gasteiger partial charge in [0, 0.05) is 12.1 Å². The second-order valence-electron chi connectivity index (χ2n) is 5.58. The van der Waals surface area contributed by atoms with Gasteiger partial charge in [0.1, 0.15) is 0 Å². The molecule has 88 valence electrons. The normalized spacial score (nSPS) is 33.0. The van der Waals surface area contributed by atoms with Crippen LogP contribution in [0.4, 0.5) is 0 Å². The molecule has 0 saturated heterocycles. The van der Waals surface area contributed by atoms with E-state index in [2.05, 4.69) is 11.9 Å². The molecule has 0 radical (unpaired) electrons. The number of likely N-dealkylation sites (N-methyl/N-ethyl adjacent to an activating group) is 1. The van der Waals surface area contributed by atoms with Gasteiger partial charge in [0.2, 0.25) is 0 Å². The SMILES string of the molecule is CN(CCC1CCCC1)C1CCCC1N. The van der Waals surface area contributed by atoms with Gasteiger partial charge in [0.25, 0.3) is 0 Å². The summed E-state index contributed by atoms with van der Waals surface area (Å²) < 4.78 is 0. The van der Waals surface area contributed by atoms with Crippen LogP contribution in [0.25, 0.3) is 0 Å². The smallest absolute Gasteiger partial charge is 0.0244 e. The number of hydrogen-bond acceptors (Lipinski definition) is 2. The van der Waals surface area contributed by atoms with Gasteiger partial charge in [-0.15, -0.1) is 0 Å². The van der Waals surface area contributed by atoms with Crippen LogP contribution in [-0.2, 0) is 0 Å². The Morgan fingerprint density at radius 1 is 1.07 bits per heavy atom. The summed E-state index contributed by atoms with van der Waals surface area (Å²) in [6.45, 7) is 1.27. The molecule has 0 aromatic rings. The molecule has 2 aliphatic carbocycles. The van der Waals surface area contributed by atoms with Gasteiger partial charge in [-0.1, -0.05) is 32.1 Å². The van der Waals surface area contributed by atoms with E-state index in [-0.39, 0.29) is 0 Å². The summed E-state index contributed by atoms with van der Waals surface area (Å²) in [4.78, 5) is 2.52. The molecule has 2 nitrogen and oxygen atoms in total. The van der Waals surface area contributed by atoms with E-state index in [1.54, 1.807) is 0 Å². The van der Waals surface area contributed by atoms with E-state index in [9.17, 15) is 0 Å². The maximum absolute atomic E-state index is 6.12. The third kappa shape index (κ3) is 2.94. The van der Waals surface area contributed by atoms with E-state index in [1.165, 1.54) is 57.9 Å². The monoisotopic (exact) mass is 210 g/mol. The van der Waals surface area contributed by atoms with E-state index in [0.29, 0.717) is 12.1 Å². The second kappa shape index (κ2) is 5.31. The van der Waals surface area contributed by atoms with Crippen molar-refractivity contribution in [3.05, 3.63) is 0 Å². The molecule has 2 unspecified atom stereocenters. The molecule has 0 heterocycles. The van der Waals surface area contributed by atoms with Crippen LogP contribution in [0.1, 0.15) is 51.4 Å². The summed E-state index contributed by atoms with van der Waals surface area (Å²) >= 11 is 0. The van der Waals surface area contributed by atoms with Gasteiger partial charge in [-0.05, 0) is 38.8 Å². The largest absolute Gasteiger partial charge is 0.326 e. The molecule has 0 bridgehead atoms. The predicted molar refractivity (Wildman–Crippen MR) is 64.8 cm³/mol. The van der Waals surface area contributed by atoms with Crippen LogP contribution < -0.4 is 5.73 Å². The molecule has 2 N–H and O–H groups in total. The maximum atomic E-state index is 6.12. The lowest BCUT2D eigenvalue weighted by Gasteiger charge is -2.28. The van der Waals surface area contributed by atoms with Crippen LogP contribution >= 0.6 is 0 Å². The lowest BCUT2D eigenvalue weighted by atomic mass is 10.0. The molecule has 0 amide bonds. The van der Waals surface area contributed by atoms with Crippen molar-refractivity contribution in [1.29, 1.82) is 0 Å². The molecule has 0 aliphatic heterocycles. The summed E-state index contributed by atoms with van der Waals surface area (Å²) in [5, 5.41) is 0. The highest BCUT2D eigenvalue weighted by molar-refractivity contribution is 4.87. The van der Waals surface area contributed by atoms with Gasteiger partial charge in [0.15, 0.2) is 0 Å². The van der Waals surface area contributed by atoms with Gasteiger partial charge in [0.05, 0.1) is 0 Å². The first kappa shape index (κ1) is 11.4. The first-order chi connectivity index (χ1) is 7.27. The fourth-order valence-electron chi connectivity index (χ4n) is 3.37. The standard InChI is InChI=1S/C13H26N2/c1-15(13-8-4-7-12(13)14)10-9-11-5-2-3-6-11/h11-13H,2-10,14H2,1H3. The molecular formula is C13H26N2. The van der Waals surface area contributed by atoms with E-state index < -0.39 is 0 Å². The average Bonchev–Trinajstić information content (AvgIpc) is 2.84. The third-order valence-electron chi connectivity index (χ3n) is 4.46. The van der Waals surface area contributed by atoms with Crippen molar-refractivity contribution in [2.45, 2.75) is 63.5 Å². The van der Waals surface area contributed by atoms with Crippen LogP contribution in [0.5, 0.6) is 0 Å². The van der Waals surface area contributed by atoms with Crippen LogP contribution in [0, 0.1) is 5.92 Å². The van der Waals surface area contributed by atoms with Gasteiger partial charge in [-0.25, -0.2) is 0 Å². The number of hydrogen-bond donors (Lipinski definition) is 1. The molecule has 2 atom stereocenters. The van der Waals surface area contributed by atoms with Gasteiger partial charge < -0.3 is 10.6 Å². The highest BCUT2D eigenvalue weighted by Gasteiger charge is 2.27. The third-order valence-corrected chi connectivity index (χ3v) is 4.46. The van der Waals surface area contributed by atoms with Crippen molar-refractivity contribution >= 4 is 0 Å². The summed E-state index contributed by atoms with van der Waals surface area (Å²) in [6.07, 6.45) is 11.2. The zero-order valence-electron chi connectivity index (χ0n) is 10.1. The Morgan fingerprint density at radius 3 is 2.40 bits per heavy atom. The summed E-state index contributed by atoms with van der Waals surface area (Å²) in [6, 6.07) is 1.12. The highest BCUT2D eigenvalue weighted by atomic mass is 15.1. The number of nitrogens with zero attached hydrogens (tertiary/aromatic N) is 1. The Hall–Kier alpha value is -0.0800. The van der Waals surface area contributed by atoms with Gasteiger partial charge in [-0.2, -0.15) is 0 Å². The maximum Gasteiger partial charge on any atom is 0.0244 e. The van der Waals surface area contributed by atoms with Gasteiger partial charge >= 0.3 is 0 Å². The quantitative estimate of drug-likeness (QED) is 0.772. The first-order valence-corrected chi connectivity index (χ1v) is 6.73. The topological polar surface area (TPSA) is 29.3 Å². The Labute approximate surface area is 94.2 Å². The molecule has 15 heavy (non-hydrogen) atoms. The molecular weight excluding hydrogens is 184 g/mol. The zero-order chi connectivity index (χ0) is 10.7. The molecule has 0 aromatic heterocycles. The van der Waals surface area contributed by atoms with Crippen molar-refractivity contribution in [1.82, 2.24) is 4.90 Å². The summed E-state index contributed by atoms with van der Waals surface area (Å²) in [5.74, 6) is 1.02. The van der Waals surface area contributed by atoms with Crippen molar-refractivity contribution in [3.63, 3.8) is 0 Å². The second-order valence-corrected chi connectivity index (χ2v) is 5.58. The molecule has 0 spiro atoms.